The summed E-state index contributed by atoms with van der Waals surface area (Å²) in [6.07, 6.45) is 3.29. The summed E-state index contributed by atoms with van der Waals surface area (Å²) in [5.74, 6) is 0. The summed E-state index contributed by atoms with van der Waals surface area (Å²) in [5.41, 5.74) is 0. The number of hydrogen-bond acceptors (Lipinski definition) is 2. The fraction of sp³-hybridized carbons (Fsp3) is 0.143. The van der Waals surface area contributed by atoms with Gasteiger partial charge in [-0.2, -0.15) is 0 Å². The van der Waals surface area contributed by atoms with Crippen LogP contribution in [0.3, 0.4) is 0 Å². The van der Waals surface area contributed by atoms with E-state index in [4.69, 9.17) is 11.6 Å². The normalized spacial score (nSPS) is 14.9. The quantitative estimate of drug-likeness (QED) is 0.727. The van der Waals surface area contributed by atoms with Crippen molar-refractivity contribution in [2.45, 2.75) is 0 Å². The zero-order valence-electron chi connectivity index (χ0n) is 5.91. The third-order valence-corrected chi connectivity index (χ3v) is 3.32. The molecule has 0 unspecified atom stereocenters. The van der Waals surface area contributed by atoms with Crippen molar-refractivity contribution in [3.05, 3.63) is 26.8 Å². The van der Waals surface area contributed by atoms with Gasteiger partial charge in [-0.1, -0.05) is 17.7 Å². The second kappa shape index (κ2) is 4.04. The highest BCUT2D eigenvalue weighted by atomic mass is 35.5. The molecule has 0 fully saturated rings. The second-order valence-corrected chi connectivity index (χ2v) is 4.88. The van der Waals surface area contributed by atoms with Crippen LogP contribution in [0.5, 0.6) is 0 Å². The van der Waals surface area contributed by atoms with E-state index in [0.717, 1.165) is 4.88 Å². The Hall–Kier alpha value is -0.120. The second-order valence-electron chi connectivity index (χ2n) is 1.92. The summed E-state index contributed by atoms with van der Waals surface area (Å²) in [4.78, 5) is 1.03. The zero-order chi connectivity index (χ0) is 8.27. The van der Waals surface area contributed by atoms with Gasteiger partial charge in [-0.3, -0.25) is 4.21 Å². The predicted octanol–water partition coefficient (Wildman–Crippen LogP) is 2.66. The van der Waals surface area contributed by atoms with Crippen LogP contribution in [0.2, 0.25) is 0 Å². The molecule has 1 aromatic rings. The Balaban J connectivity index is 2.82. The molecule has 1 nitrogen and oxygen atoms in total. The van der Waals surface area contributed by atoms with Crippen molar-refractivity contribution in [2.24, 2.45) is 0 Å². The first-order valence-electron chi connectivity index (χ1n) is 2.94. The van der Waals surface area contributed by atoms with Crippen molar-refractivity contribution in [3.8, 4) is 0 Å². The Labute approximate surface area is 77.2 Å². The minimum atomic E-state index is -1.06. The summed E-state index contributed by atoms with van der Waals surface area (Å²) in [5, 5.41) is 1.95. The van der Waals surface area contributed by atoms with Crippen LogP contribution < -0.4 is 0 Å². The first kappa shape index (κ1) is 8.97. The van der Waals surface area contributed by atoms with E-state index in [1.807, 2.05) is 17.5 Å². The molecule has 1 rings (SSSR count). The van der Waals surface area contributed by atoms with Gasteiger partial charge in [0, 0.05) is 11.1 Å². The maximum atomic E-state index is 10.8. The number of thiophene rings is 1. The summed E-state index contributed by atoms with van der Waals surface area (Å²) in [7, 11) is -1.06. The molecule has 4 heteroatoms. The first-order chi connectivity index (χ1) is 5.20. The van der Waals surface area contributed by atoms with Crippen molar-refractivity contribution in [1.82, 2.24) is 0 Å². The van der Waals surface area contributed by atoms with Crippen molar-refractivity contribution < 1.29 is 4.21 Å². The Bertz CT molecular complexity index is 277. The van der Waals surface area contributed by atoms with Crippen molar-refractivity contribution in [1.29, 1.82) is 0 Å². The smallest absolute Gasteiger partial charge is 0.106 e. The fourth-order valence-corrected chi connectivity index (χ4v) is 1.78. The van der Waals surface area contributed by atoms with Crippen LogP contribution in [0.4, 0.5) is 0 Å². The molecule has 0 spiro atoms. The molecular weight excluding hydrogens is 200 g/mol. The zero-order valence-corrected chi connectivity index (χ0v) is 8.30. The summed E-state index contributed by atoms with van der Waals surface area (Å²) >= 11 is 7.25. The number of rotatable bonds is 2. The first-order valence-corrected chi connectivity index (χ1v) is 5.76. The molecule has 0 saturated heterocycles. The molecule has 0 aliphatic heterocycles. The van der Waals surface area contributed by atoms with Crippen LogP contribution in [0.25, 0.3) is 6.08 Å². The Morgan fingerprint density at radius 2 is 2.55 bits per heavy atom. The van der Waals surface area contributed by atoms with E-state index in [-0.39, 0.29) is 0 Å². The summed E-state index contributed by atoms with van der Waals surface area (Å²) in [6, 6.07) is 3.86. The monoisotopic (exact) mass is 206 g/mol. The lowest BCUT2D eigenvalue weighted by molar-refractivity contribution is 0.691. The highest BCUT2D eigenvalue weighted by Gasteiger charge is 1.96. The van der Waals surface area contributed by atoms with Crippen LogP contribution in [-0.2, 0) is 10.8 Å². The molecule has 1 aromatic heterocycles. The van der Waals surface area contributed by atoms with Crippen LogP contribution in [-0.4, -0.2) is 10.5 Å². The van der Waals surface area contributed by atoms with Gasteiger partial charge in [0.15, 0.2) is 0 Å². The van der Waals surface area contributed by atoms with E-state index in [2.05, 4.69) is 0 Å². The third kappa shape index (κ3) is 2.77. The fourth-order valence-electron chi connectivity index (χ4n) is 0.568. The molecule has 0 amide bonds. The minimum Gasteiger partial charge on any atom is -0.254 e. The lowest BCUT2D eigenvalue weighted by Gasteiger charge is -1.89. The largest absolute Gasteiger partial charge is 0.254 e. The van der Waals surface area contributed by atoms with Gasteiger partial charge in [-0.25, -0.2) is 0 Å². The summed E-state index contributed by atoms with van der Waals surface area (Å²) < 4.78 is 11.2. The highest BCUT2D eigenvalue weighted by Crippen LogP contribution is 2.16. The van der Waals surface area contributed by atoms with E-state index < -0.39 is 10.8 Å². The lowest BCUT2D eigenvalue weighted by Crippen LogP contribution is -1.81. The van der Waals surface area contributed by atoms with Crippen molar-refractivity contribution in [3.63, 3.8) is 0 Å². The van der Waals surface area contributed by atoms with Crippen LogP contribution >= 0.6 is 22.9 Å². The predicted molar refractivity (Wildman–Crippen MR) is 52.2 cm³/mol. The molecule has 1 heterocycles. The molecule has 0 bridgehead atoms. The van der Waals surface area contributed by atoms with Gasteiger partial charge in [0.25, 0.3) is 0 Å². The molecule has 0 saturated carbocycles. The Kier molecular flexibility index (Phi) is 3.30. The molecule has 1 atom stereocenters. The van der Waals surface area contributed by atoms with Gasteiger partial charge in [0.2, 0.25) is 0 Å². The van der Waals surface area contributed by atoms with E-state index >= 15 is 0 Å². The van der Waals surface area contributed by atoms with E-state index in [1.54, 1.807) is 23.7 Å². The van der Waals surface area contributed by atoms with E-state index in [9.17, 15) is 4.21 Å². The van der Waals surface area contributed by atoms with Crippen molar-refractivity contribution >= 4 is 39.8 Å². The molecule has 0 aliphatic carbocycles. The molecule has 60 valence electrons. The van der Waals surface area contributed by atoms with Gasteiger partial charge in [-0.15, -0.1) is 11.3 Å². The highest BCUT2D eigenvalue weighted by molar-refractivity contribution is 7.90. The van der Waals surface area contributed by atoms with Gasteiger partial charge < -0.3 is 0 Å². The molecule has 0 aliphatic rings. The Morgan fingerprint density at radius 3 is 3.00 bits per heavy atom. The van der Waals surface area contributed by atoms with Gasteiger partial charge in [-0.05, 0) is 17.5 Å². The van der Waals surface area contributed by atoms with Gasteiger partial charge in [0.1, 0.15) is 4.36 Å². The van der Waals surface area contributed by atoms with Gasteiger partial charge >= 0.3 is 0 Å². The number of hydrogen-bond donors (Lipinski definition) is 0. The van der Waals surface area contributed by atoms with Crippen molar-refractivity contribution in [2.75, 3.05) is 6.26 Å². The molecule has 0 aromatic carbocycles. The topological polar surface area (TPSA) is 17.1 Å². The maximum absolute atomic E-state index is 10.8. The third-order valence-electron chi connectivity index (χ3n) is 1.07. The average Bonchev–Trinajstić information content (AvgIpc) is 2.39. The van der Waals surface area contributed by atoms with Crippen LogP contribution in [0, 0.1) is 0 Å². The van der Waals surface area contributed by atoms with Crippen LogP contribution in [0.15, 0.2) is 21.9 Å². The molecular formula is C7H7ClOS2. The van der Waals surface area contributed by atoms with E-state index in [1.165, 1.54) is 0 Å². The number of halogens is 1. The Morgan fingerprint density at radius 1 is 1.82 bits per heavy atom. The SMILES string of the molecule is C[S@@](=O)/C(Cl)=C/c1cccs1. The molecule has 11 heavy (non-hydrogen) atoms. The summed E-state index contributed by atoms with van der Waals surface area (Å²) in [6.45, 7) is 0. The minimum absolute atomic E-state index is 0.396. The maximum Gasteiger partial charge on any atom is 0.106 e. The standard InChI is InChI=1S/C7H7ClOS2/c1-11(9)7(8)5-6-3-2-4-10-6/h2-5H,1H3/b7-5+/t11-/m1/s1. The molecule has 0 N–H and O–H groups in total. The molecule has 0 radical (unpaired) electrons. The van der Waals surface area contributed by atoms with Gasteiger partial charge in [0.05, 0.1) is 10.8 Å². The van der Waals surface area contributed by atoms with E-state index in [0.29, 0.717) is 4.36 Å². The average molecular weight is 207 g/mol. The lowest BCUT2D eigenvalue weighted by atomic mass is 10.5. The van der Waals surface area contributed by atoms with Crippen LogP contribution in [0.1, 0.15) is 4.88 Å².